The van der Waals surface area contributed by atoms with Gasteiger partial charge in [0, 0.05) is 24.8 Å². The monoisotopic (exact) mass is 230 g/mol. The highest BCUT2D eigenvalue weighted by atomic mass is 15.1. The maximum atomic E-state index is 3.61. The first-order valence-electron chi connectivity index (χ1n) is 7.02. The van der Waals surface area contributed by atoms with Crippen molar-refractivity contribution in [1.82, 2.24) is 5.32 Å². The van der Waals surface area contributed by atoms with Crippen LogP contribution in [0.25, 0.3) is 0 Å². The number of nitrogens with one attached hydrogen (secondary N) is 1. The number of piperidine rings is 1. The number of benzene rings is 1. The zero-order valence-electron chi connectivity index (χ0n) is 10.5. The van der Waals surface area contributed by atoms with Gasteiger partial charge in [0.05, 0.1) is 0 Å². The zero-order valence-corrected chi connectivity index (χ0v) is 10.5. The molecule has 2 nitrogen and oxygen atoms in total. The smallest absolute Gasteiger partial charge is 0.0366 e. The first-order chi connectivity index (χ1) is 8.43. The van der Waals surface area contributed by atoms with Crippen LogP contribution >= 0.6 is 0 Å². The summed E-state index contributed by atoms with van der Waals surface area (Å²) in [5, 5.41) is 3.61. The quantitative estimate of drug-likeness (QED) is 0.840. The second-order valence-corrected chi connectivity index (χ2v) is 5.29. The number of nitrogens with zero attached hydrogens (tertiary/aromatic N) is 1. The van der Waals surface area contributed by atoms with E-state index in [0.717, 1.165) is 0 Å². The van der Waals surface area contributed by atoms with Gasteiger partial charge in [0.15, 0.2) is 0 Å². The number of hydrogen-bond acceptors (Lipinski definition) is 2. The SMILES string of the molecule is c1cc(N2CCCC2)ccc1[C@H]1CCCCN1. The van der Waals surface area contributed by atoms with Gasteiger partial charge in [-0.25, -0.2) is 0 Å². The summed E-state index contributed by atoms with van der Waals surface area (Å²) in [6.45, 7) is 3.65. The Balaban J connectivity index is 1.70. The lowest BCUT2D eigenvalue weighted by Gasteiger charge is -2.25. The molecule has 92 valence electrons. The van der Waals surface area contributed by atoms with Crippen LogP contribution < -0.4 is 10.2 Å². The summed E-state index contributed by atoms with van der Waals surface area (Å²) in [5.74, 6) is 0. The fourth-order valence-corrected chi connectivity index (χ4v) is 3.03. The molecule has 0 bridgehead atoms. The topological polar surface area (TPSA) is 15.3 Å². The van der Waals surface area contributed by atoms with Crippen molar-refractivity contribution in [3.05, 3.63) is 29.8 Å². The second kappa shape index (κ2) is 5.09. The Kier molecular flexibility index (Phi) is 3.32. The standard InChI is InChI=1S/C15H22N2/c1-2-10-16-15(5-1)13-6-8-14(9-7-13)17-11-3-4-12-17/h6-9,15-16H,1-5,10-12H2/t15-/m1/s1. The largest absolute Gasteiger partial charge is 0.372 e. The highest BCUT2D eigenvalue weighted by Crippen LogP contribution is 2.26. The van der Waals surface area contributed by atoms with E-state index in [1.807, 2.05) is 0 Å². The normalized spacial score (nSPS) is 25.2. The molecule has 0 radical (unpaired) electrons. The van der Waals surface area contributed by atoms with E-state index in [2.05, 4.69) is 34.5 Å². The molecule has 1 aromatic rings. The van der Waals surface area contributed by atoms with Crippen molar-refractivity contribution >= 4 is 5.69 Å². The molecule has 0 amide bonds. The highest BCUT2D eigenvalue weighted by molar-refractivity contribution is 5.48. The third kappa shape index (κ3) is 2.47. The van der Waals surface area contributed by atoms with E-state index >= 15 is 0 Å². The van der Waals surface area contributed by atoms with Crippen molar-refractivity contribution < 1.29 is 0 Å². The van der Waals surface area contributed by atoms with Crippen LogP contribution in [-0.2, 0) is 0 Å². The Morgan fingerprint density at radius 1 is 0.941 bits per heavy atom. The van der Waals surface area contributed by atoms with E-state index in [1.165, 1.54) is 63.0 Å². The molecule has 2 aliphatic heterocycles. The molecule has 1 aromatic carbocycles. The molecular formula is C15H22N2. The van der Waals surface area contributed by atoms with Crippen LogP contribution in [0.4, 0.5) is 5.69 Å². The van der Waals surface area contributed by atoms with Gasteiger partial charge in [-0.2, -0.15) is 0 Å². The molecule has 1 N–H and O–H groups in total. The van der Waals surface area contributed by atoms with Gasteiger partial charge in [0.2, 0.25) is 0 Å². The first-order valence-corrected chi connectivity index (χ1v) is 7.02. The Labute approximate surface area is 104 Å². The summed E-state index contributed by atoms with van der Waals surface area (Å²) in [6.07, 6.45) is 6.70. The third-order valence-corrected chi connectivity index (χ3v) is 4.08. The van der Waals surface area contributed by atoms with E-state index in [1.54, 1.807) is 0 Å². The van der Waals surface area contributed by atoms with Gasteiger partial charge in [-0.05, 0) is 49.9 Å². The molecule has 2 heterocycles. The predicted octanol–water partition coefficient (Wildman–Crippen LogP) is 3.10. The maximum Gasteiger partial charge on any atom is 0.0366 e. The highest BCUT2D eigenvalue weighted by Gasteiger charge is 2.16. The lowest BCUT2D eigenvalue weighted by molar-refractivity contribution is 0.412. The van der Waals surface area contributed by atoms with Gasteiger partial charge < -0.3 is 10.2 Å². The van der Waals surface area contributed by atoms with Crippen LogP contribution in [0.2, 0.25) is 0 Å². The molecule has 0 spiro atoms. The summed E-state index contributed by atoms with van der Waals surface area (Å²) in [6, 6.07) is 9.83. The summed E-state index contributed by atoms with van der Waals surface area (Å²) in [7, 11) is 0. The van der Waals surface area contributed by atoms with Crippen LogP contribution in [-0.4, -0.2) is 19.6 Å². The maximum absolute atomic E-state index is 3.61. The Morgan fingerprint density at radius 2 is 1.71 bits per heavy atom. The van der Waals surface area contributed by atoms with E-state index < -0.39 is 0 Å². The molecule has 3 rings (SSSR count). The minimum Gasteiger partial charge on any atom is -0.372 e. The van der Waals surface area contributed by atoms with Crippen molar-refractivity contribution in [1.29, 1.82) is 0 Å². The van der Waals surface area contributed by atoms with Crippen LogP contribution in [0, 0.1) is 0 Å². The van der Waals surface area contributed by atoms with Gasteiger partial charge in [0.25, 0.3) is 0 Å². The second-order valence-electron chi connectivity index (χ2n) is 5.29. The molecule has 17 heavy (non-hydrogen) atoms. The fraction of sp³-hybridized carbons (Fsp3) is 0.600. The third-order valence-electron chi connectivity index (χ3n) is 4.08. The van der Waals surface area contributed by atoms with Crippen molar-refractivity contribution in [3.8, 4) is 0 Å². The molecule has 2 fully saturated rings. The van der Waals surface area contributed by atoms with Gasteiger partial charge >= 0.3 is 0 Å². The lowest BCUT2D eigenvalue weighted by atomic mass is 9.97. The van der Waals surface area contributed by atoms with Gasteiger partial charge in [0.1, 0.15) is 0 Å². The van der Waals surface area contributed by atoms with E-state index in [9.17, 15) is 0 Å². The van der Waals surface area contributed by atoms with Crippen LogP contribution in [0.3, 0.4) is 0 Å². The van der Waals surface area contributed by atoms with E-state index in [-0.39, 0.29) is 0 Å². The summed E-state index contributed by atoms with van der Waals surface area (Å²) >= 11 is 0. The minimum atomic E-state index is 0.594. The van der Waals surface area contributed by atoms with Crippen molar-refractivity contribution in [2.45, 2.75) is 38.1 Å². The lowest BCUT2D eigenvalue weighted by Crippen LogP contribution is -2.26. The van der Waals surface area contributed by atoms with Crippen molar-refractivity contribution in [2.24, 2.45) is 0 Å². The average molecular weight is 230 g/mol. The number of rotatable bonds is 2. The molecule has 2 heteroatoms. The van der Waals surface area contributed by atoms with Crippen molar-refractivity contribution in [2.75, 3.05) is 24.5 Å². The number of anilines is 1. The van der Waals surface area contributed by atoms with Crippen molar-refractivity contribution in [3.63, 3.8) is 0 Å². The summed E-state index contributed by atoms with van der Waals surface area (Å²) < 4.78 is 0. The molecule has 1 atom stereocenters. The van der Waals surface area contributed by atoms with Crippen LogP contribution in [0.1, 0.15) is 43.7 Å². The van der Waals surface area contributed by atoms with Gasteiger partial charge in [-0.15, -0.1) is 0 Å². The van der Waals surface area contributed by atoms with Crippen LogP contribution in [0.5, 0.6) is 0 Å². The molecular weight excluding hydrogens is 208 g/mol. The zero-order chi connectivity index (χ0) is 11.5. The average Bonchev–Trinajstić information content (AvgIpc) is 2.94. The molecule has 0 unspecified atom stereocenters. The Hall–Kier alpha value is -1.02. The van der Waals surface area contributed by atoms with Crippen LogP contribution in [0.15, 0.2) is 24.3 Å². The summed E-state index contributed by atoms with van der Waals surface area (Å²) in [5.41, 5.74) is 2.87. The van der Waals surface area contributed by atoms with E-state index in [0.29, 0.717) is 6.04 Å². The Bertz CT molecular complexity index is 346. The molecule has 0 saturated carbocycles. The predicted molar refractivity (Wildman–Crippen MR) is 72.5 cm³/mol. The molecule has 2 saturated heterocycles. The molecule has 0 aromatic heterocycles. The Morgan fingerprint density at radius 3 is 2.35 bits per heavy atom. The molecule has 2 aliphatic rings. The first kappa shape index (κ1) is 11.1. The van der Waals surface area contributed by atoms with Gasteiger partial charge in [-0.1, -0.05) is 18.6 Å². The molecule has 0 aliphatic carbocycles. The number of hydrogen-bond donors (Lipinski definition) is 1. The van der Waals surface area contributed by atoms with E-state index in [4.69, 9.17) is 0 Å². The fourth-order valence-electron chi connectivity index (χ4n) is 3.03. The van der Waals surface area contributed by atoms with Gasteiger partial charge in [-0.3, -0.25) is 0 Å². The minimum absolute atomic E-state index is 0.594. The summed E-state index contributed by atoms with van der Waals surface area (Å²) in [4.78, 5) is 2.50.